The summed E-state index contributed by atoms with van der Waals surface area (Å²) in [6.07, 6.45) is 6.21. The largest absolute Gasteiger partial charge is 0.357 e. The lowest BCUT2D eigenvalue weighted by molar-refractivity contribution is 0.583. The first-order valence-electron chi connectivity index (χ1n) is 8.62. The van der Waals surface area contributed by atoms with Gasteiger partial charge in [-0.2, -0.15) is 5.10 Å². The molecule has 0 bridgehead atoms. The van der Waals surface area contributed by atoms with Gasteiger partial charge >= 0.3 is 0 Å². The molecule has 0 aliphatic heterocycles. The Labute approximate surface area is 180 Å². The zero-order valence-corrected chi connectivity index (χ0v) is 18.8. The molecule has 0 aliphatic carbocycles. The van der Waals surface area contributed by atoms with Crippen molar-refractivity contribution >= 4 is 45.9 Å². The van der Waals surface area contributed by atoms with Crippen molar-refractivity contribution < 1.29 is 4.39 Å². The van der Waals surface area contributed by atoms with Gasteiger partial charge in [-0.1, -0.05) is 22.0 Å². The van der Waals surface area contributed by atoms with Crippen molar-refractivity contribution in [2.45, 2.75) is 32.7 Å². The van der Waals surface area contributed by atoms with Gasteiger partial charge < -0.3 is 10.6 Å². The molecule has 1 aromatic heterocycles. The van der Waals surface area contributed by atoms with E-state index in [4.69, 9.17) is 0 Å². The lowest BCUT2D eigenvalue weighted by atomic mass is 10.1. The number of aryl methyl sites for hydroxylation is 2. The van der Waals surface area contributed by atoms with Crippen molar-refractivity contribution in [1.82, 2.24) is 20.4 Å². The van der Waals surface area contributed by atoms with Gasteiger partial charge in [0.15, 0.2) is 5.96 Å². The Morgan fingerprint density at radius 3 is 2.85 bits per heavy atom. The summed E-state index contributed by atoms with van der Waals surface area (Å²) in [5.74, 6) is 0.646. The third-order valence-electron chi connectivity index (χ3n) is 3.65. The number of aromatic nitrogens is 2. The van der Waals surface area contributed by atoms with Gasteiger partial charge in [0, 0.05) is 43.0 Å². The van der Waals surface area contributed by atoms with E-state index in [0.717, 1.165) is 55.0 Å². The van der Waals surface area contributed by atoms with Gasteiger partial charge in [0.2, 0.25) is 0 Å². The van der Waals surface area contributed by atoms with Crippen molar-refractivity contribution in [2.75, 3.05) is 19.6 Å². The normalized spacial score (nSPS) is 11.1. The van der Waals surface area contributed by atoms with Crippen LogP contribution in [0.25, 0.3) is 0 Å². The smallest absolute Gasteiger partial charge is 0.191 e. The lowest BCUT2D eigenvalue weighted by Gasteiger charge is -2.11. The number of benzene rings is 1. The highest BCUT2D eigenvalue weighted by Crippen LogP contribution is 2.16. The molecule has 0 radical (unpaired) electrons. The van der Waals surface area contributed by atoms with Gasteiger partial charge in [-0.3, -0.25) is 9.67 Å². The minimum absolute atomic E-state index is 0. The van der Waals surface area contributed by atoms with E-state index in [9.17, 15) is 4.39 Å². The predicted molar refractivity (Wildman–Crippen MR) is 119 cm³/mol. The van der Waals surface area contributed by atoms with Crippen molar-refractivity contribution in [1.29, 1.82) is 0 Å². The molecule has 0 spiro atoms. The number of aliphatic imine (C=N–C) groups is 1. The van der Waals surface area contributed by atoms with E-state index in [1.807, 2.05) is 36.0 Å². The second-order valence-electron chi connectivity index (χ2n) is 5.65. The molecule has 0 saturated carbocycles. The first-order chi connectivity index (χ1) is 12.2. The van der Waals surface area contributed by atoms with E-state index in [2.05, 4.69) is 36.7 Å². The van der Waals surface area contributed by atoms with E-state index >= 15 is 0 Å². The fourth-order valence-corrected chi connectivity index (χ4v) is 2.74. The maximum Gasteiger partial charge on any atom is 0.191 e. The fourth-order valence-electron chi connectivity index (χ4n) is 2.41. The van der Waals surface area contributed by atoms with Crippen molar-refractivity contribution in [3.05, 3.63) is 52.5 Å². The highest BCUT2D eigenvalue weighted by molar-refractivity contribution is 14.0. The number of halogens is 3. The van der Waals surface area contributed by atoms with E-state index in [0.29, 0.717) is 6.42 Å². The molecule has 2 rings (SSSR count). The summed E-state index contributed by atoms with van der Waals surface area (Å²) in [4.78, 5) is 4.56. The number of rotatable bonds is 9. The predicted octanol–water partition coefficient (Wildman–Crippen LogP) is 3.98. The van der Waals surface area contributed by atoms with Crippen LogP contribution >= 0.6 is 39.9 Å². The average molecular weight is 538 g/mol. The molecule has 0 fully saturated rings. The SMILES string of the molecule is CCNC(=NCCCn1cccn1)NCCCc1ccc(Br)cc1F.I. The molecular formula is C18H26BrFIN5. The topological polar surface area (TPSA) is 54.2 Å². The fraction of sp³-hybridized carbons (Fsp3) is 0.444. The monoisotopic (exact) mass is 537 g/mol. The van der Waals surface area contributed by atoms with E-state index in [-0.39, 0.29) is 29.8 Å². The van der Waals surface area contributed by atoms with Gasteiger partial charge in [-0.05, 0) is 49.9 Å². The number of guanidine groups is 1. The van der Waals surface area contributed by atoms with Crippen molar-refractivity contribution in [2.24, 2.45) is 4.99 Å². The minimum atomic E-state index is -0.159. The quantitative estimate of drug-likeness (QED) is 0.220. The molecule has 0 amide bonds. The van der Waals surface area contributed by atoms with E-state index < -0.39 is 0 Å². The molecule has 0 aliphatic rings. The lowest BCUT2D eigenvalue weighted by Crippen LogP contribution is -2.38. The zero-order chi connectivity index (χ0) is 17.9. The van der Waals surface area contributed by atoms with Crippen LogP contribution in [0.15, 0.2) is 46.1 Å². The highest BCUT2D eigenvalue weighted by atomic mass is 127. The summed E-state index contributed by atoms with van der Waals surface area (Å²) in [5.41, 5.74) is 0.742. The second-order valence-corrected chi connectivity index (χ2v) is 6.57. The first-order valence-corrected chi connectivity index (χ1v) is 9.42. The van der Waals surface area contributed by atoms with Crippen LogP contribution < -0.4 is 10.6 Å². The Balaban J connectivity index is 0.00000338. The molecule has 1 aromatic carbocycles. The molecule has 26 heavy (non-hydrogen) atoms. The van der Waals surface area contributed by atoms with Gasteiger partial charge in [0.1, 0.15) is 5.82 Å². The number of hydrogen-bond donors (Lipinski definition) is 2. The molecule has 0 unspecified atom stereocenters. The Hall–Kier alpha value is -1.16. The molecule has 1 heterocycles. The molecule has 8 heteroatoms. The van der Waals surface area contributed by atoms with Gasteiger partial charge in [-0.25, -0.2) is 4.39 Å². The van der Waals surface area contributed by atoms with Crippen LogP contribution in [0.2, 0.25) is 0 Å². The molecule has 2 aromatic rings. The van der Waals surface area contributed by atoms with Gasteiger partial charge in [-0.15, -0.1) is 24.0 Å². The first kappa shape index (κ1) is 22.9. The number of nitrogens with zero attached hydrogens (tertiary/aromatic N) is 3. The Morgan fingerprint density at radius 1 is 1.31 bits per heavy atom. The molecule has 5 nitrogen and oxygen atoms in total. The number of hydrogen-bond acceptors (Lipinski definition) is 2. The van der Waals surface area contributed by atoms with Crippen LogP contribution in [0.3, 0.4) is 0 Å². The second kappa shape index (κ2) is 13.1. The van der Waals surface area contributed by atoms with Crippen LogP contribution in [-0.4, -0.2) is 35.4 Å². The van der Waals surface area contributed by atoms with Gasteiger partial charge in [0.25, 0.3) is 0 Å². The molecule has 0 atom stereocenters. The third-order valence-corrected chi connectivity index (χ3v) is 4.14. The molecular weight excluding hydrogens is 512 g/mol. The summed E-state index contributed by atoms with van der Waals surface area (Å²) in [6, 6.07) is 7.13. The zero-order valence-electron chi connectivity index (χ0n) is 14.9. The Kier molecular flexibility index (Phi) is 11.5. The summed E-state index contributed by atoms with van der Waals surface area (Å²) >= 11 is 3.28. The summed E-state index contributed by atoms with van der Waals surface area (Å²) < 4.78 is 16.5. The summed E-state index contributed by atoms with van der Waals surface area (Å²) in [7, 11) is 0. The minimum Gasteiger partial charge on any atom is -0.357 e. The molecule has 2 N–H and O–H groups in total. The average Bonchev–Trinajstić information content (AvgIpc) is 3.10. The van der Waals surface area contributed by atoms with Crippen LogP contribution in [0, 0.1) is 5.82 Å². The summed E-state index contributed by atoms with van der Waals surface area (Å²) in [5, 5.41) is 10.7. The maximum absolute atomic E-state index is 13.8. The Morgan fingerprint density at radius 2 is 2.15 bits per heavy atom. The van der Waals surface area contributed by atoms with Crippen molar-refractivity contribution in [3.8, 4) is 0 Å². The van der Waals surface area contributed by atoms with Gasteiger partial charge in [0.05, 0.1) is 0 Å². The highest BCUT2D eigenvalue weighted by Gasteiger charge is 2.03. The van der Waals surface area contributed by atoms with Crippen LogP contribution in [-0.2, 0) is 13.0 Å². The van der Waals surface area contributed by atoms with Crippen LogP contribution in [0.1, 0.15) is 25.3 Å². The molecule has 0 saturated heterocycles. The van der Waals surface area contributed by atoms with E-state index in [1.165, 1.54) is 6.07 Å². The maximum atomic E-state index is 13.8. The van der Waals surface area contributed by atoms with Crippen LogP contribution in [0.5, 0.6) is 0 Å². The van der Waals surface area contributed by atoms with Crippen molar-refractivity contribution in [3.63, 3.8) is 0 Å². The summed E-state index contributed by atoms with van der Waals surface area (Å²) in [6.45, 7) is 5.19. The standard InChI is InChI=1S/C18H25BrFN5.HI/c1-2-21-18(23-10-4-12-25-13-5-11-24-25)22-9-3-6-15-7-8-16(19)14-17(15)20;/h5,7-8,11,13-14H,2-4,6,9-10,12H2,1H3,(H2,21,22,23);1H. The third kappa shape index (κ3) is 8.48. The van der Waals surface area contributed by atoms with E-state index in [1.54, 1.807) is 6.20 Å². The Bertz CT molecular complexity index is 664. The van der Waals surface area contributed by atoms with Crippen LogP contribution in [0.4, 0.5) is 4.39 Å². The number of nitrogens with one attached hydrogen (secondary N) is 2. The molecule has 144 valence electrons.